The van der Waals surface area contributed by atoms with Gasteiger partial charge < -0.3 is 10.2 Å². The van der Waals surface area contributed by atoms with Crippen LogP contribution in [-0.4, -0.2) is 21.2 Å². The molecule has 0 spiro atoms. The van der Waals surface area contributed by atoms with Crippen LogP contribution in [-0.2, 0) is 0 Å². The minimum atomic E-state index is -1.16. The van der Waals surface area contributed by atoms with Gasteiger partial charge in [-0.05, 0) is 18.2 Å². The van der Waals surface area contributed by atoms with Crippen molar-refractivity contribution < 1.29 is 15.0 Å². The molecule has 2 rings (SSSR count). The van der Waals surface area contributed by atoms with Crippen LogP contribution in [0.2, 0.25) is 0 Å². The first kappa shape index (κ1) is 9.92. The first-order valence-electron chi connectivity index (χ1n) is 4.10. The van der Waals surface area contributed by atoms with Gasteiger partial charge in [0.1, 0.15) is 5.75 Å². The van der Waals surface area contributed by atoms with Crippen molar-refractivity contribution in [1.29, 1.82) is 0 Å². The molecule has 5 heteroatoms. The predicted octanol–water partition coefficient (Wildman–Crippen LogP) is 2.40. The number of rotatable bonds is 1. The summed E-state index contributed by atoms with van der Waals surface area (Å²) in [7, 11) is 0. The summed E-state index contributed by atoms with van der Waals surface area (Å²) >= 11 is 3.28. The van der Waals surface area contributed by atoms with E-state index < -0.39 is 5.97 Å². The summed E-state index contributed by atoms with van der Waals surface area (Å²) in [5, 5.41) is 19.4. The number of aromatic nitrogens is 1. The Bertz CT molecular complexity index is 554. The zero-order valence-electron chi connectivity index (χ0n) is 7.44. The number of carboxylic acids is 1. The van der Waals surface area contributed by atoms with Crippen LogP contribution in [0, 0.1) is 0 Å². The van der Waals surface area contributed by atoms with Crippen molar-refractivity contribution >= 4 is 32.7 Å². The zero-order valence-corrected chi connectivity index (χ0v) is 9.02. The highest BCUT2D eigenvalue weighted by atomic mass is 79.9. The first-order valence-corrected chi connectivity index (χ1v) is 4.90. The third-order valence-corrected chi connectivity index (χ3v) is 2.75. The average molecular weight is 268 g/mol. The van der Waals surface area contributed by atoms with E-state index in [4.69, 9.17) is 5.11 Å². The van der Waals surface area contributed by atoms with Gasteiger partial charge in [0.2, 0.25) is 0 Å². The van der Waals surface area contributed by atoms with E-state index in [1.54, 1.807) is 12.1 Å². The zero-order chi connectivity index (χ0) is 11.0. The number of aromatic carboxylic acids is 1. The van der Waals surface area contributed by atoms with Crippen molar-refractivity contribution in [1.82, 2.24) is 4.98 Å². The average Bonchev–Trinajstić information content (AvgIpc) is 2.23. The SMILES string of the molecule is O=C(O)c1nccc2c(Br)ccc(O)c12. The number of halogens is 1. The second-order valence-electron chi connectivity index (χ2n) is 2.95. The van der Waals surface area contributed by atoms with Crippen molar-refractivity contribution in [2.75, 3.05) is 0 Å². The van der Waals surface area contributed by atoms with Gasteiger partial charge in [0.15, 0.2) is 5.69 Å². The van der Waals surface area contributed by atoms with E-state index in [-0.39, 0.29) is 16.8 Å². The Kier molecular flexibility index (Phi) is 2.32. The van der Waals surface area contributed by atoms with Gasteiger partial charge in [0.05, 0.1) is 5.39 Å². The number of pyridine rings is 1. The van der Waals surface area contributed by atoms with Crippen LogP contribution in [0.5, 0.6) is 5.75 Å². The maximum absolute atomic E-state index is 10.9. The second-order valence-corrected chi connectivity index (χ2v) is 3.81. The van der Waals surface area contributed by atoms with Gasteiger partial charge in [-0.15, -0.1) is 0 Å². The lowest BCUT2D eigenvalue weighted by molar-refractivity contribution is 0.0692. The number of aromatic hydroxyl groups is 1. The molecule has 0 saturated heterocycles. The minimum absolute atomic E-state index is 0.0845. The van der Waals surface area contributed by atoms with Crippen molar-refractivity contribution in [3.05, 3.63) is 34.6 Å². The number of fused-ring (bicyclic) bond motifs is 1. The van der Waals surface area contributed by atoms with Crippen LogP contribution >= 0.6 is 15.9 Å². The van der Waals surface area contributed by atoms with Crippen molar-refractivity contribution in [2.24, 2.45) is 0 Å². The van der Waals surface area contributed by atoms with Crippen molar-refractivity contribution in [3.8, 4) is 5.75 Å². The van der Waals surface area contributed by atoms with Gasteiger partial charge in [0.25, 0.3) is 0 Å². The fourth-order valence-corrected chi connectivity index (χ4v) is 1.87. The second kappa shape index (κ2) is 3.51. The Morgan fingerprint density at radius 2 is 2.07 bits per heavy atom. The molecule has 0 aliphatic rings. The summed E-state index contributed by atoms with van der Waals surface area (Å²) in [6.07, 6.45) is 1.40. The summed E-state index contributed by atoms with van der Waals surface area (Å²) in [6.45, 7) is 0. The highest BCUT2D eigenvalue weighted by Gasteiger charge is 2.14. The van der Waals surface area contributed by atoms with Crippen LogP contribution in [0.15, 0.2) is 28.9 Å². The molecular weight excluding hydrogens is 262 g/mol. The number of hydrogen-bond acceptors (Lipinski definition) is 3. The van der Waals surface area contributed by atoms with E-state index in [2.05, 4.69) is 20.9 Å². The molecule has 1 heterocycles. The highest BCUT2D eigenvalue weighted by molar-refractivity contribution is 9.10. The van der Waals surface area contributed by atoms with E-state index in [1.165, 1.54) is 12.3 Å². The van der Waals surface area contributed by atoms with Crippen molar-refractivity contribution in [3.63, 3.8) is 0 Å². The summed E-state index contributed by atoms with van der Waals surface area (Å²) in [4.78, 5) is 14.6. The molecule has 0 saturated carbocycles. The van der Waals surface area contributed by atoms with Gasteiger partial charge in [-0.2, -0.15) is 0 Å². The Morgan fingerprint density at radius 3 is 2.73 bits per heavy atom. The molecule has 4 nitrogen and oxygen atoms in total. The lowest BCUT2D eigenvalue weighted by Gasteiger charge is -2.05. The molecule has 0 bridgehead atoms. The maximum atomic E-state index is 10.9. The number of carbonyl (C=O) groups is 1. The minimum Gasteiger partial charge on any atom is -0.507 e. The molecule has 1 aromatic heterocycles. The van der Waals surface area contributed by atoms with Crippen molar-refractivity contribution in [2.45, 2.75) is 0 Å². The van der Waals surface area contributed by atoms with E-state index >= 15 is 0 Å². The van der Waals surface area contributed by atoms with Crippen LogP contribution < -0.4 is 0 Å². The van der Waals surface area contributed by atoms with E-state index in [1.807, 2.05) is 0 Å². The topological polar surface area (TPSA) is 70.4 Å². The summed E-state index contributed by atoms with van der Waals surface area (Å²) in [6, 6.07) is 4.73. The number of phenolic OH excluding ortho intramolecular Hbond substituents is 1. The number of benzene rings is 1. The summed E-state index contributed by atoms with van der Waals surface area (Å²) < 4.78 is 0.722. The highest BCUT2D eigenvalue weighted by Crippen LogP contribution is 2.32. The Hall–Kier alpha value is -1.62. The van der Waals surface area contributed by atoms with Gasteiger partial charge in [-0.3, -0.25) is 0 Å². The maximum Gasteiger partial charge on any atom is 0.355 e. The molecule has 0 fully saturated rings. The first-order chi connectivity index (χ1) is 7.11. The summed E-state index contributed by atoms with van der Waals surface area (Å²) in [5.41, 5.74) is -0.147. The lowest BCUT2D eigenvalue weighted by Crippen LogP contribution is -2.01. The molecule has 0 radical (unpaired) electrons. The van der Waals surface area contributed by atoms with Crippen LogP contribution in [0.25, 0.3) is 10.8 Å². The van der Waals surface area contributed by atoms with Gasteiger partial charge >= 0.3 is 5.97 Å². The number of hydrogen-bond donors (Lipinski definition) is 2. The van der Waals surface area contributed by atoms with E-state index in [9.17, 15) is 9.90 Å². The monoisotopic (exact) mass is 267 g/mol. The fraction of sp³-hybridized carbons (Fsp3) is 0. The molecule has 2 aromatic rings. The normalized spacial score (nSPS) is 10.5. The molecule has 0 amide bonds. The molecular formula is C10H6BrNO3. The molecule has 15 heavy (non-hydrogen) atoms. The Morgan fingerprint density at radius 1 is 1.33 bits per heavy atom. The van der Waals surface area contributed by atoms with Crippen LogP contribution in [0.1, 0.15) is 10.5 Å². The molecule has 0 unspecified atom stereocenters. The number of nitrogens with zero attached hydrogens (tertiary/aromatic N) is 1. The lowest BCUT2D eigenvalue weighted by atomic mass is 10.1. The Labute approximate surface area is 93.3 Å². The largest absolute Gasteiger partial charge is 0.507 e. The number of phenols is 1. The third-order valence-electron chi connectivity index (χ3n) is 2.05. The van der Waals surface area contributed by atoms with E-state index in [0.717, 1.165) is 4.47 Å². The Balaban J connectivity index is 2.96. The molecule has 2 N–H and O–H groups in total. The van der Waals surface area contributed by atoms with Crippen LogP contribution in [0.4, 0.5) is 0 Å². The van der Waals surface area contributed by atoms with Gasteiger partial charge in [0, 0.05) is 16.1 Å². The molecule has 76 valence electrons. The van der Waals surface area contributed by atoms with Gasteiger partial charge in [-0.1, -0.05) is 15.9 Å². The van der Waals surface area contributed by atoms with Crippen LogP contribution in [0.3, 0.4) is 0 Å². The van der Waals surface area contributed by atoms with Gasteiger partial charge in [-0.25, -0.2) is 9.78 Å². The fourth-order valence-electron chi connectivity index (χ4n) is 1.41. The quantitative estimate of drug-likeness (QED) is 0.833. The number of carboxylic acid groups (broad SMARTS) is 1. The third kappa shape index (κ3) is 1.55. The standard InChI is InChI=1S/C10H6BrNO3/c11-6-1-2-7(13)8-5(6)3-4-12-9(8)10(14)15/h1-4,13H,(H,14,15). The smallest absolute Gasteiger partial charge is 0.355 e. The molecule has 0 aliphatic carbocycles. The molecule has 0 atom stereocenters. The predicted molar refractivity (Wildman–Crippen MR) is 58.1 cm³/mol. The summed E-state index contributed by atoms with van der Waals surface area (Å²) in [5.74, 6) is -1.24. The van der Waals surface area contributed by atoms with E-state index in [0.29, 0.717) is 5.39 Å². The molecule has 1 aromatic carbocycles. The molecule has 0 aliphatic heterocycles.